The second kappa shape index (κ2) is 6.85. The molecule has 2 atom stereocenters. The van der Waals surface area contributed by atoms with Crippen molar-refractivity contribution in [2.24, 2.45) is 11.1 Å². The Labute approximate surface area is 156 Å². The molecule has 2 aliphatic rings. The summed E-state index contributed by atoms with van der Waals surface area (Å²) in [5.41, 5.74) is 6.30. The van der Waals surface area contributed by atoms with E-state index in [2.05, 4.69) is 4.98 Å². The highest BCUT2D eigenvalue weighted by Gasteiger charge is 2.56. The summed E-state index contributed by atoms with van der Waals surface area (Å²) in [6.45, 7) is 3.64. The minimum atomic E-state index is -0.633. The average molecular weight is 376 g/mol. The minimum absolute atomic E-state index is 0.0251. The third kappa shape index (κ3) is 2.83. The van der Waals surface area contributed by atoms with Crippen molar-refractivity contribution in [1.29, 1.82) is 0 Å². The molecule has 1 aliphatic heterocycles. The number of carbonyl (C=O) groups excluding carboxylic acids is 1. The van der Waals surface area contributed by atoms with E-state index in [4.69, 9.17) is 10.5 Å². The Morgan fingerprint density at radius 3 is 2.85 bits per heavy atom. The minimum Gasteiger partial charge on any atom is -0.392 e. The molecule has 3 N–H and O–H groups in total. The molecule has 2 unspecified atom stereocenters. The van der Waals surface area contributed by atoms with E-state index in [1.807, 2.05) is 13.0 Å². The molecule has 1 aliphatic carbocycles. The Bertz CT molecular complexity index is 860. The van der Waals surface area contributed by atoms with Gasteiger partial charge in [0.2, 0.25) is 5.95 Å². The number of ether oxygens (including phenoxy) is 1. The molecular formula is C19H25FN4O3. The summed E-state index contributed by atoms with van der Waals surface area (Å²) in [6.07, 6.45) is 2.98. The van der Waals surface area contributed by atoms with Crippen LogP contribution in [0.2, 0.25) is 0 Å². The number of nitrogens with zero attached hydrogens (tertiary/aromatic N) is 3. The molecule has 3 heterocycles. The fourth-order valence-electron chi connectivity index (χ4n) is 4.41. The number of aliphatic hydroxyl groups excluding tert-OH is 1. The molecule has 1 saturated carbocycles. The SMILES string of the molecule is Cc1cccn2c(F)c(C(=O)N3CCC4(CC3)C(O)CC4OCCN)nc12. The lowest BCUT2D eigenvalue weighted by atomic mass is 9.58. The van der Waals surface area contributed by atoms with E-state index in [-0.39, 0.29) is 17.2 Å². The van der Waals surface area contributed by atoms with Crippen LogP contribution in [0.15, 0.2) is 18.3 Å². The zero-order chi connectivity index (χ0) is 19.2. The Morgan fingerprint density at radius 1 is 1.48 bits per heavy atom. The molecule has 27 heavy (non-hydrogen) atoms. The molecule has 0 aromatic carbocycles. The van der Waals surface area contributed by atoms with Crippen LogP contribution in [-0.4, -0.2) is 63.7 Å². The first-order valence-electron chi connectivity index (χ1n) is 9.40. The first kappa shape index (κ1) is 18.3. The number of likely N-dealkylation sites (tertiary alicyclic amines) is 1. The number of aliphatic hydroxyl groups is 1. The Hall–Kier alpha value is -2.03. The van der Waals surface area contributed by atoms with Crippen LogP contribution in [0.4, 0.5) is 4.39 Å². The molecular weight excluding hydrogens is 351 g/mol. The van der Waals surface area contributed by atoms with Crippen LogP contribution in [0.1, 0.15) is 35.3 Å². The van der Waals surface area contributed by atoms with Crippen LogP contribution in [0.25, 0.3) is 5.65 Å². The van der Waals surface area contributed by atoms with E-state index < -0.39 is 18.0 Å². The van der Waals surface area contributed by atoms with Gasteiger partial charge in [-0.15, -0.1) is 0 Å². The lowest BCUT2D eigenvalue weighted by molar-refractivity contribution is -0.208. The largest absolute Gasteiger partial charge is 0.392 e. The highest BCUT2D eigenvalue weighted by atomic mass is 19.1. The third-order valence-corrected chi connectivity index (χ3v) is 6.15. The number of carbonyl (C=O) groups is 1. The number of nitrogens with two attached hydrogens (primary N) is 1. The monoisotopic (exact) mass is 376 g/mol. The molecule has 1 spiro atoms. The number of amides is 1. The highest BCUT2D eigenvalue weighted by Crippen LogP contribution is 2.51. The number of aromatic nitrogens is 2. The van der Waals surface area contributed by atoms with Crippen molar-refractivity contribution < 1.29 is 19.0 Å². The predicted molar refractivity (Wildman–Crippen MR) is 96.9 cm³/mol. The van der Waals surface area contributed by atoms with Gasteiger partial charge in [-0.25, -0.2) is 4.98 Å². The van der Waals surface area contributed by atoms with Crippen LogP contribution < -0.4 is 5.73 Å². The summed E-state index contributed by atoms with van der Waals surface area (Å²) in [4.78, 5) is 18.7. The van der Waals surface area contributed by atoms with Gasteiger partial charge in [-0.3, -0.25) is 9.20 Å². The number of halogens is 1. The Morgan fingerprint density at radius 2 is 2.22 bits per heavy atom. The maximum atomic E-state index is 14.7. The smallest absolute Gasteiger partial charge is 0.277 e. The number of rotatable bonds is 4. The van der Waals surface area contributed by atoms with Gasteiger partial charge in [-0.05, 0) is 31.4 Å². The zero-order valence-corrected chi connectivity index (χ0v) is 15.4. The van der Waals surface area contributed by atoms with Crippen molar-refractivity contribution in [3.8, 4) is 0 Å². The summed E-state index contributed by atoms with van der Waals surface area (Å²) < 4.78 is 21.8. The summed E-state index contributed by atoms with van der Waals surface area (Å²) in [7, 11) is 0. The van der Waals surface area contributed by atoms with E-state index in [1.165, 1.54) is 4.40 Å². The molecule has 4 rings (SSSR count). The summed E-state index contributed by atoms with van der Waals surface area (Å²) in [6, 6.07) is 3.56. The van der Waals surface area contributed by atoms with E-state index >= 15 is 0 Å². The number of aryl methyl sites for hydroxylation is 1. The number of imidazole rings is 1. The summed E-state index contributed by atoms with van der Waals surface area (Å²) >= 11 is 0. The highest BCUT2D eigenvalue weighted by molar-refractivity contribution is 5.93. The lowest BCUT2D eigenvalue weighted by Crippen LogP contribution is -2.63. The molecule has 1 amide bonds. The first-order valence-corrected chi connectivity index (χ1v) is 9.40. The van der Waals surface area contributed by atoms with Crippen LogP contribution >= 0.6 is 0 Å². The second-order valence-corrected chi connectivity index (χ2v) is 7.56. The number of hydrogen-bond acceptors (Lipinski definition) is 5. The number of pyridine rings is 1. The van der Waals surface area contributed by atoms with E-state index in [0.717, 1.165) is 5.56 Å². The van der Waals surface area contributed by atoms with Gasteiger partial charge in [-0.1, -0.05) is 6.07 Å². The van der Waals surface area contributed by atoms with Crippen LogP contribution in [0, 0.1) is 18.3 Å². The van der Waals surface area contributed by atoms with Crippen molar-refractivity contribution in [1.82, 2.24) is 14.3 Å². The van der Waals surface area contributed by atoms with Crippen molar-refractivity contribution >= 4 is 11.6 Å². The predicted octanol–water partition coefficient (Wildman–Crippen LogP) is 1.11. The van der Waals surface area contributed by atoms with E-state index in [0.29, 0.717) is 51.2 Å². The maximum Gasteiger partial charge on any atom is 0.277 e. The number of fused-ring (bicyclic) bond motifs is 1. The summed E-state index contributed by atoms with van der Waals surface area (Å²) in [5.74, 6) is -1.04. The van der Waals surface area contributed by atoms with Gasteiger partial charge in [0.15, 0.2) is 5.69 Å². The molecule has 1 saturated heterocycles. The van der Waals surface area contributed by atoms with Crippen molar-refractivity contribution in [2.45, 2.75) is 38.4 Å². The molecule has 2 fully saturated rings. The van der Waals surface area contributed by atoms with Crippen molar-refractivity contribution in [3.63, 3.8) is 0 Å². The standard InChI is InChI=1S/C19H25FN4O3/c1-12-3-2-7-24-16(20)15(22-17(12)24)18(26)23-8-4-19(5-9-23)13(25)11-14(19)27-10-6-21/h2-3,7,13-14,25H,4-6,8-11,21H2,1H3. The van der Waals surface area contributed by atoms with E-state index in [9.17, 15) is 14.3 Å². The fraction of sp³-hybridized carbons (Fsp3) is 0.579. The topological polar surface area (TPSA) is 93.1 Å². The maximum absolute atomic E-state index is 14.7. The quantitative estimate of drug-likeness (QED) is 0.834. The molecule has 0 radical (unpaired) electrons. The molecule has 7 nitrogen and oxygen atoms in total. The van der Waals surface area contributed by atoms with E-state index in [1.54, 1.807) is 17.2 Å². The molecule has 8 heteroatoms. The molecule has 146 valence electrons. The average Bonchev–Trinajstić information content (AvgIpc) is 3.03. The fourth-order valence-corrected chi connectivity index (χ4v) is 4.41. The van der Waals surface area contributed by atoms with Gasteiger partial charge in [0, 0.05) is 37.7 Å². The van der Waals surface area contributed by atoms with Crippen LogP contribution in [0.3, 0.4) is 0 Å². The molecule has 0 bridgehead atoms. The Kier molecular flexibility index (Phi) is 4.65. The number of hydrogen-bond donors (Lipinski definition) is 2. The summed E-state index contributed by atoms with van der Waals surface area (Å²) in [5, 5.41) is 10.3. The number of piperidine rings is 1. The third-order valence-electron chi connectivity index (χ3n) is 6.15. The van der Waals surface area contributed by atoms with Gasteiger partial charge in [0.05, 0.1) is 18.8 Å². The normalized spacial score (nSPS) is 24.4. The van der Waals surface area contributed by atoms with Gasteiger partial charge in [0.25, 0.3) is 5.91 Å². The van der Waals surface area contributed by atoms with Crippen molar-refractivity contribution in [3.05, 3.63) is 35.5 Å². The lowest BCUT2D eigenvalue weighted by Gasteiger charge is -2.56. The first-order chi connectivity index (χ1) is 13.0. The van der Waals surface area contributed by atoms with Gasteiger partial charge < -0.3 is 20.5 Å². The molecule has 2 aromatic rings. The van der Waals surface area contributed by atoms with Gasteiger partial charge in [-0.2, -0.15) is 4.39 Å². The zero-order valence-electron chi connectivity index (χ0n) is 15.4. The van der Waals surface area contributed by atoms with Gasteiger partial charge in [0.1, 0.15) is 5.65 Å². The second-order valence-electron chi connectivity index (χ2n) is 7.56. The Balaban J connectivity index is 1.49. The molecule has 2 aromatic heterocycles. The van der Waals surface area contributed by atoms with Gasteiger partial charge >= 0.3 is 0 Å². The van der Waals surface area contributed by atoms with Crippen LogP contribution in [-0.2, 0) is 4.74 Å². The van der Waals surface area contributed by atoms with Crippen molar-refractivity contribution in [2.75, 3.05) is 26.2 Å². The van der Waals surface area contributed by atoms with Crippen LogP contribution in [0.5, 0.6) is 0 Å².